The molecule has 0 bridgehead atoms. The molecule has 0 spiro atoms. The second kappa shape index (κ2) is 5.23. The summed E-state index contributed by atoms with van der Waals surface area (Å²) in [5.74, 6) is -2.08. The first-order valence-corrected chi connectivity index (χ1v) is 5.24. The molecule has 0 aliphatic heterocycles. The zero-order valence-electron chi connectivity index (χ0n) is 10.0. The summed E-state index contributed by atoms with van der Waals surface area (Å²) in [7, 11) is 1.22. The first-order chi connectivity index (χ1) is 7.95. The van der Waals surface area contributed by atoms with Gasteiger partial charge in [-0.25, -0.2) is 13.6 Å². The maximum Gasteiger partial charge on any atom is 0.330 e. The molecule has 1 N–H and O–H groups in total. The number of nitrogens with one attached hydrogen (secondary N) is 1. The minimum Gasteiger partial charge on any atom is -0.467 e. The van der Waals surface area contributed by atoms with Gasteiger partial charge in [-0.3, -0.25) is 5.32 Å². The number of methoxy groups -OCH3 is 1. The number of esters is 1. The normalized spacial score (nSPS) is 14.2. The lowest BCUT2D eigenvalue weighted by atomic mass is 9.91. The zero-order chi connectivity index (χ0) is 13.1. The number of halogens is 2. The number of benzene rings is 1. The van der Waals surface area contributed by atoms with Gasteiger partial charge in [0.2, 0.25) is 0 Å². The number of carbonyl (C=O) groups excluding carboxylic acids is 1. The third-order valence-corrected chi connectivity index (χ3v) is 2.59. The average molecular weight is 243 g/mol. The Morgan fingerprint density at radius 1 is 1.47 bits per heavy atom. The van der Waals surface area contributed by atoms with Crippen LogP contribution in [0.2, 0.25) is 0 Å². The average Bonchev–Trinajstić information content (AvgIpc) is 2.27. The van der Waals surface area contributed by atoms with Gasteiger partial charge in [0.05, 0.1) is 7.11 Å². The predicted octanol–water partition coefficient (Wildman–Crippen LogP) is 1.96. The predicted molar refractivity (Wildman–Crippen MR) is 59.4 cm³/mol. The van der Waals surface area contributed by atoms with Crippen molar-refractivity contribution in [3.05, 3.63) is 35.4 Å². The van der Waals surface area contributed by atoms with E-state index < -0.39 is 23.1 Å². The van der Waals surface area contributed by atoms with Gasteiger partial charge in [0.15, 0.2) is 0 Å². The van der Waals surface area contributed by atoms with Gasteiger partial charge in [-0.05, 0) is 19.5 Å². The molecule has 0 saturated heterocycles. The van der Waals surface area contributed by atoms with E-state index in [1.54, 1.807) is 6.92 Å². The molecule has 0 heterocycles. The Kier molecular flexibility index (Phi) is 4.17. The molecular weight excluding hydrogens is 228 g/mol. The molecule has 1 aromatic carbocycles. The Morgan fingerprint density at radius 2 is 2.12 bits per heavy atom. The van der Waals surface area contributed by atoms with E-state index in [0.717, 1.165) is 12.1 Å². The van der Waals surface area contributed by atoms with E-state index in [2.05, 4.69) is 10.1 Å². The van der Waals surface area contributed by atoms with Crippen molar-refractivity contribution in [3.8, 4) is 0 Å². The second-order valence-electron chi connectivity index (χ2n) is 3.77. The molecule has 1 aromatic rings. The van der Waals surface area contributed by atoms with Gasteiger partial charge >= 0.3 is 5.97 Å². The summed E-state index contributed by atoms with van der Waals surface area (Å²) in [4.78, 5) is 11.7. The molecule has 1 unspecified atom stereocenters. The van der Waals surface area contributed by atoms with Crippen molar-refractivity contribution < 1.29 is 18.3 Å². The standard InChI is InChI=1S/C12H15F2NO2/c1-4-15-12(2,11(16)17-3)9-6-5-8(13)7-10(9)14/h5-7,15H,4H2,1-3H3. The van der Waals surface area contributed by atoms with Gasteiger partial charge in [0.1, 0.15) is 17.2 Å². The van der Waals surface area contributed by atoms with Gasteiger partial charge in [-0.1, -0.05) is 13.0 Å². The highest BCUT2D eigenvalue weighted by molar-refractivity contribution is 5.82. The molecule has 94 valence electrons. The largest absolute Gasteiger partial charge is 0.467 e. The van der Waals surface area contributed by atoms with Gasteiger partial charge in [-0.2, -0.15) is 0 Å². The lowest BCUT2D eigenvalue weighted by Crippen LogP contribution is -2.47. The molecule has 0 aliphatic rings. The molecule has 5 heteroatoms. The van der Waals surface area contributed by atoms with Gasteiger partial charge < -0.3 is 4.74 Å². The van der Waals surface area contributed by atoms with Crippen LogP contribution in [0.15, 0.2) is 18.2 Å². The SMILES string of the molecule is CCNC(C)(C(=O)OC)c1ccc(F)cc1F. The Hall–Kier alpha value is -1.49. The third-order valence-electron chi connectivity index (χ3n) is 2.59. The number of hydrogen-bond acceptors (Lipinski definition) is 3. The van der Waals surface area contributed by atoms with Crippen molar-refractivity contribution in [3.63, 3.8) is 0 Å². The molecule has 1 rings (SSSR count). The van der Waals surface area contributed by atoms with Crippen molar-refractivity contribution in [2.24, 2.45) is 0 Å². The van der Waals surface area contributed by atoms with E-state index in [1.807, 2.05) is 0 Å². The van der Waals surface area contributed by atoms with E-state index in [4.69, 9.17) is 0 Å². The topological polar surface area (TPSA) is 38.3 Å². The monoisotopic (exact) mass is 243 g/mol. The fourth-order valence-electron chi connectivity index (χ4n) is 1.73. The molecule has 0 fully saturated rings. The molecular formula is C12H15F2NO2. The molecule has 0 aliphatic carbocycles. The number of ether oxygens (including phenoxy) is 1. The quantitative estimate of drug-likeness (QED) is 0.821. The van der Waals surface area contributed by atoms with E-state index in [-0.39, 0.29) is 5.56 Å². The molecule has 0 radical (unpaired) electrons. The lowest BCUT2D eigenvalue weighted by Gasteiger charge is -2.28. The zero-order valence-corrected chi connectivity index (χ0v) is 10.0. The van der Waals surface area contributed by atoms with Crippen LogP contribution < -0.4 is 5.32 Å². The lowest BCUT2D eigenvalue weighted by molar-refractivity contribution is -0.148. The summed E-state index contributed by atoms with van der Waals surface area (Å²) in [5, 5.41) is 2.85. The Labute approximate surface area is 98.8 Å². The summed E-state index contributed by atoms with van der Waals surface area (Å²) >= 11 is 0. The molecule has 0 saturated carbocycles. The van der Waals surface area contributed by atoms with Crippen LogP contribution in [0.1, 0.15) is 19.4 Å². The smallest absolute Gasteiger partial charge is 0.330 e. The van der Waals surface area contributed by atoms with Crippen molar-refractivity contribution in [2.45, 2.75) is 19.4 Å². The van der Waals surface area contributed by atoms with Crippen LogP contribution >= 0.6 is 0 Å². The van der Waals surface area contributed by atoms with Gasteiger partial charge in [-0.15, -0.1) is 0 Å². The molecule has 17 heavy (non-hydrogen) atoms. The van der Waals surface area contributed by atoms with Gasteiger partial charge in [0, 0.05) is 11.6 Å². The van der Waals surface area contributed by atoms with Crippen LogP contribution in [-0.2, 0) is 15.1 Å². The minimum atomic E-state index is -1.32. The first-order valence-electron chi connectivity index (χ1n) is 5.24. The van der Waals surface area contributed by atoms with E-state index >= 15 is 0 Å². The van der Waals surface area contributed by atoms with Crippen LogP contribution in [0.25, 0.3) is 0 Å². The maximum atomic E-state index is 13.7. The van der Waals surface area contributed by atoms with Crippen LogP contribution in [0.4, 0.5) is 8.78 Å². The number of hydrogen-bond donors (Lipinski definition) is 1. The highest BCUT2D eigenvalue weighted by Crippen LogP contribution is 2.25. The Morgan fingerprint density at radius 3 is 2.59 bits per heavy atom. The number of likely N-dealkylation sites (N-methyl/N-ethyl adjacent to an activating group) is 1. The van der Waals surface area contributed by atoms with Crippen LogP contribution in [0.3, 0.4) is 0 Å². The summed E-state index contributed by atoms with van der Waals surface area (Å²) in [6.45, 7) is 3.73. The van der Waals surface area contributed by atoms with E-state index in [0.29, 0.717) is 6.54 Å². The maximum absolute atomic E-state index is 13.7. The Bertz CT molecular complexity index is 423. The molecule has 1 atom stereocenters. The van der Waals surface area contributed by atoms with E-state index in [9.17, 15) is 13.6 Å². The fraction of sp³-hybridized carbons (Fsp3) is 0.417. The van der Waals surface area contributed by atoms with E-state index in [1.165, 1.54) is 20.1 Å². The highest BCUT2D eigenvalue weighted by atomic mass is 19.1. The number of carbonyl (C=O) groups is 1. The van der Waals surface area contributed by atoms with Crippen LogP contribution in [0, 0.1) is 11.6 Å². The van der Waals surface area contributed by atoms with Crippen molar-refractivity contribution in [2.75, 3.05) is 13.7 Å². The summed E-state index contributed by atoms with van der Waals surface area (Å²) in [5.41, 5.74) is -1.26. The van der Waals surface area contributed by atoms with Gasteiger partial charge in [0.25, 0.3) is 0 Å². The Balaban J connectivity index is 3.26. The van der Waals surface area contributed by atoms with Crippen molar-refractivity contribution in [1.29, 1.82) is 0 Å². The first kappa shape index (κ1) is 13.6. The van der Waals surface area contributed by atoms with Crippen LogP contribution in [0.5, 0.6) is 0 Å². The van der Waals surface area contributed by atoms with Crippen molar-refractivity contribution >= 4 is 5.97 Å². The number of rotatable bonds is 4. The second-order valence-corrected chi connectivity index (χ2v) is 3.77. The highest BCUT2D eigenvalue weighted by Gasteiger charge is 2.37. The third kappa shape index (κ3) is 2.61. The summed E-state index contributed by atoms with van der Waals surface area (Å²) < 4.78 is 31.2. The molecule has 3 nitrogen and oxygen atoms in total. The van der Waals surface area contributed by atoms with Crippen molar-refractivity contribution in [1.82, 2.24) is 5.32 Å². The van der Waals surface area contributed by atoms with Crippen LogP contribution in [-0.4, -0.2) is 19.6 Å². The molecule has 0 amide bonds. The fourth-order valence-corrected chi connectivity index (χ4v) is 1.73. The summed E-state index contributed by atoms with van der Waals surface area (Å²) in [6.07, 6.45) is 0. The summed E-state index contributed by atoms with van der Waals surface area (Å²) in [6, 6.07) is 3.09. The minimum absolute atomic E-state index is 0.0626. The molecule has 0 aromatic heterocycles.